The number of hydrogen-bond donors (Lipinski definition) is 0. The lowest BCUT2D eigenvalue weighted by molar-refractivity contribution is 0.108. The summed E-state index contributed by atoms with van der Waals surface area (Å²) < 4.78 is 24.3. The fraction of sp³-hybridized carbons (Fsp3) is 0.182. The van der Waals surface area contributed by atoms with Crippen molar-refractivity contribution in [3.8, 4) is 11.4 Å². The van der Waals surface area contributed by atoms with Gasteiger partial charge in [-0.2, -0.15) is 0 Å². The van der Waals surface area contributed by atoms with E-state index in [2.05, 4.69) is 10.2 Å². The lowest BCUT2D eigenvalue weighted by Gasteiger charge is -2.03. The Bertz CT molecular complexity index is 735. The fourth-order valence-corrected chi connectivity index (χ4v) is 2.54. The van der Waals surface area contributed by atoms with Crippen LogP contribution in [0.4, 0.5) is 0 Å². The second-order valence-electron chi connectivity index (χ2n) is 3.99. The van der Waals surface area contributed by atoms with Crippen LogP contribution in [0.1, 0.15) is 10.4 Å². The van der Waals surface area contributed by atoms with Crippen LogP contribution in [0.5, 0.6) is 0 Å². The Morgan fingerprint density at radius 2 is 1.79 bits per heavy atom. The van der Waals surface area contributed by atoms with Gasteiger partial charge in [0.15, 0.2) is 5.82 Å². The Balaban J connectivity index is 2.49. The number of carbonyl (C=O) groups is 1. The molecule has 1 heterocycles. The molecule has 0 aliphatic carbocycles. The SMILES string of the molecule is Cn1c(-c2ccc(C(=O)Cl)cc2)nnc1S(C)(=O)=O. The van der Waals surface area contributed by atoms with Crippen LogP contribution >= 0.6 is 11.6 Å². The van der Waals surface area contributed by atoms with E-state index >= 15 is 0 Å². The first kappa shape index (κ1) is 13.7. The van der Waals surface area contributed by atoms with Crippen molar-refractivity contribution in [1.82, 2.24) is 14.8 Å². The highest BCUT2D eigenvalue weighted by Crippen LogP contribution is 2.20. The minimum atomic E-state index is -3.43. The summed E-state index contributed by atoms with van der Waals surface area (Å²) in [6, 6.07) is 6.34. The molecule has 2 aromatic rings. The van der Waals surface area contributed by atoms with Crippen LogP contribution in [0, 0.1) is 0 Å². The van der Waals surface area contributed by atoms with Gasteiger partial charge in [0.1, 0.15) is 0 Å². The minimum Gasteiger partial charge on any atom is -0.301 e. The molecule has 0 unspecified atom stereocenters. The summed E-state index contributed by atoms with van der Waals surface area (Å²) in [5.41, 5.74) is 1.00. The van der Waals surface area contributed by atoms with Crippen LogP contribution in [0.25, 0.3) is 11.4 Å². The van der Waals surface area contributed by atoms with Gasteiger partial charge in [-0.25, -0.2) is 8.42 Å². The minimum absolute atomic E-state index is 0.111. The highest BCUT2D eigenvalue weighted by Gasteiger charge is 2.18. The number of sulfone groups is 1. The van der Waals surface area contributed by atoms with Crippen molar-refractivity contribution >= 4 is 26.7 Å². The van der Waals surface area contributed by atoms with Gasteiger partial charge in [-0.1, -0.05) is 12.1 Å². The van der Waals surface area contributed by atoms with E-state index in [1.54, 1.807) is 31.3 Å². The quantitative estimate of drug-likeness (QED) is 0.797. The Morgan fingerprint density at radius 1 is 1.21 bits per heavy atom. The Morgan fingerprint density at radius 3 is 2.21 bits per heavy atom. The Kier molecular flexibility index (Phi) is 3.42. The number of rotatable bonds is 3. The maximum atomic E-state index is 11.5. The van der Waals surface area contributed by atoms with Crippen molar-refractivity contribution in [3.63, 3.8) is 0 Å². The number of carbonyl (C=O) groups excluding carboxylic acids is 1. The van der Waals surface area contributed by atoms with E-state index in [9.17, 15) is 13.2 Å². The third kappa shape index (κ3) is 2.66. The molecule has 100 valence electrons. The molecule has 0 aliphatic rings. The molecule has 0 amide bonds. The second kappa shape index (κ2) is 4.75. The summed E-state index contributed by atoms with van der Waals surface area (Å²) >= 11 is 5.35. The highest BCUT2D eigenvalue weighted by atomic mass is 35.5. The zero-order chi connectivity index (χ0) is 14.2. The van der Waals surface area contributed by atoms with Crippen LogP contribution in [0.2, 0.25) is 0 Å². The van der Waals surface area contributed by atoms with E-state index in [1.165, 1.54) is 4.57 Å². The monoisotopic (exact) mass is 299 g/mol. The van der Waals surface area contributed by atoms with Crippen LogP contribution < -0.4 is 0 Å². The van der Waals surface area contributed by atoms with Crippen molar-refractivity contribution in [2.45, 2.75) is 5.16 Å². The first-order valence-corrected chi connectivity index (χ1v) is 7.47. The molecule has 2 rings (SSSR count). The summed E-state index contributed by atoms with van der Waals surface area (Å²) in [5.74, 6) is 0.397. The lowest BCUT2D eigenvalue weighted by atomic mass is 10.1. The largest absolute Gasteiger partial charge is 0.301 e. The molecule has 8 heteroatoms. The van der Waals surface area contributed by atoms with Crippen LogP contribution in [0.3, 0.4) is 0 Å². The van der Waals surface area contributed by atoms with E-state index in [0.29, 0.717) is 17.0 Å². The van der Waals surface area contributed by atoms with Gasteiger partial charge in [-0.05, 0) is 23.7 Å². The van der Waals surface area contributed by atoms with E-state index < -0.39 is 15.1 Å². The molecule has 0 aliphatic heterocycles. The average molecular weight is 300 g/mol. The third-order valence-electron chi connectivity index (χ3n) is 2.54. The fourth-order valence-electron chi connectivity index (χ4n) is 1.64. The first-order valence-electron chi connectivity index (χ1n) is 5.20. The predicted octanol–water partition coefficient (Wildman–Crippen LogP) is 1.26. The predicted molar refractivity (Wildman–Crippen MR) is 69.7 cm³/mol. The van der Waals surface area contributed by atoms with Crippen LogP contribution in [0.15, 0.2) is 29.4 Å². The van der Waals surface area contributed by atoms with Gasteiger partial charge in [0.25, 0.3) is 5.24 Å². The molecule has 6 nitrogen and oxygen atoms in total. The summed E-state index contributed by atoms with van der Waals surface area (Å²) in [6.07, 6.45) is 1.07. The topological polar surface area (TPSA) is 81.9 Å². The van der Waals surface area contributed by atoms with Crippen LogP contribution in [-0.4, -0.2) is 34.7 Å². The molecule has 0 bridgehead atoms. The molecule has 0 fully saturated rings. The number of nitrogens with zero attached hydrogens (tertiary/aromatic N) is 3. The standard InChI is InChI=1S/C11H10ClN3O3S/c1-15-10(13-14-11(15)19(2,17)18)8-5-3-7(4-6-8)9(12)16/h3-6H,1-2H3. The van der Waals surface area contributed by atoms with E-state index in [0.717, 1.165) is 6.26 Å². The summed E-state index contributed by atoms with van der Waals surface area (Å²) in [6.45, 7) is 0. The van der Waals surface area contributed by atoms with Crippen molar-refractivity contribution in [2.75, 3.05) is 6.26 Å². The van der Waals surface area contributed by atoms with Crippen molar-refractivity contribution < 1.29 is 13.2 Å². The molecular weight excluding hydrogens is 290 g/mol. The normalized spacial score (nSPS) is 11.5. The molecular formula is C11H10ClN3O3S. The zero-order valence-corrected chi connectivity index (χ0v) is 11.7. The molecule has 0 saturated carbocycles. The Hall–Kier alpha value is -1.73. The second-order valence-corrected chi connectivity index (χ2v) is 6.24. The maximum Gasteiger partial charge on any atom is 0.252 e. The number of hydrogen-bond acceptors (Lipinski definition) is 5. The van der Waals surface area contributed by atoms with Gasteiger partial charge in [-0.3, -0.25) is 4.79 Å². The van der Waals surface area contributed by atoms with Crippen molar-refractivity contribution in [2.24, 2.45) is 7.05 Å². The first-order chi connectivity index (χ1) is 8.80. The molecule has 19 heavy (non-hydrogen) atoms. The molecule has 0 N–H and O–H groups in total. The van der Waals surface area contributed by atoms with Gasteiger partial charge in [0.05, 0.1) is 0 Å². The van der Waals surface area contributed by atoms with Gasteiger partial charge < -0.3 is 4.57 Å². The summed E-state index contributed by atoms with van der Waals surface area (Å²) in [4.78, 5) is 10.9. The number of aromatic nitrogens is 3. The van der Waals surface area contributed by atoms with E-state index in [4.69, 9.17) is 11.6 Å². The lowest BCUT2D eigenvalue weighted by Crippen LogP contribution is -2.06. The maximum absolute atomic E-state index is 11.5. The Labute approximate surface area is 115 Å². The van der Waals surface area contributed by atoms with Crippen LogP contribution in [-0.2, 0) is 16.9 Å². The molecule has 0 saturated heterocycles. The van der Waals surface area contributed by atoms with Crippen molar-refractivity contribution in [1.29, 1.82) is 0 Å². The molecule has 0 spiro atoms. The number of benzene rings is 1. The van der Waals surface area contributed by atoms with E-state index in [1.807, 2.05) is 0 Å². The molecule has 1 aromatic heterocycles. The van der Waals surface area contributed by atoms with Gasteiger partial charge in [-0.15, -0.1) is 10.2 Å². The van der Waals surface area contributed by atoms with Crippen molar-refractivity contribution in [3.05, 3.63) is 29.8 Å². The summed E-state index contributed by atoms with van der Waals surface area (Å²) in [7, 11) is -1.87. The zero-order valence-electron chi connectivity index (χ0n) is 10.2. The summed E-state index contributed by atoms with van der Waals surface area (Å²) in [5, 5.41) is 6.83. The number of halogens is 1. The molecule has 0 radical (unpaired) electrons. The van der Waals surface area contributed by atoms with Gasteiger partial charge >= 0.3 is 0 Å². The average Bonchev–Trinajstić information content (AvgIpc) is 2.71. The smallest absolute Gasteiger partial charge is 0.252 e. The third-order valence-corrected chi connectivity index (χ3v) is 3.77. The van der Waals surface area contributed by atoms with Gasteiger partial charge in [0.2, 0.25) is 15.0 Å². The molecule has 0 atom stereocenters. The van der Waals surface area contributed by atoms with Gasteiger partial charge in [0, 0.05) is 24.4 Å². The highest BCUT2D eigenvalue weighted by molar-refractivity contribution is 7.90. The molecule has 1 aromatic carbocycles. The van der Waals surface area contributed by atoms with E-state index in [-0.39, 0.29) is 5.16 Å².